The molecule has 0 amide bonds. The second-order valence-corrected chi connectivity index (χ2v) is 4.17. The summed E-state index contributed by atoms with van der Waals surface area (Å²) in [4.78, 5) is 0. The molecule has 5 heteroatoms. The molecular weight excluding hydrogens is 277 g/mol. The molecule has 0 N–H and O–H groups in total. The van der Waals surface area contributed by atoms with Crippen LogP contribution in [0.15, 0.2) is 36.4 Å². The molecule has 2 rings (SSSR count). The number of hydrogen-bond acceptors (Lipinski definition) is 1. The van der Waals surface area contributed by atoms with E-state index in [-0.39, 0.29) is 18.1 Å². The van der Waals surface area contributed by atoms with Crippen molar-refractivity contribution in [2.75, 3.05) is 0 Å². The Morgan fingerprint density at radius 3 is 2.16 bits per heavy atom. The topological polar surface area (TPSA) is 9.23 Å². The minimum atomic E-state index is -0.855. The summed E-state index contributed by atoms with van der Waals surface area (Å²) in [5.74, 6) is -2.72. The van der Waals surface area contributed by atoms with Crippen molar-refractivity contribution in [3.63, 3.8) is 0 Å². The minimum absolute atomic E-state index is 0.00142. The van der Waals surface area contributed by atoms with Gasteiger partial charge < -0.3 is 4.74 Å². The lowest BCUT2D eigenvalue weighted by Gasteiger charge is -2.10. The molecule has 0 aliphatic heterocycles. The van der Waals surface area contributed by atoms with Crippen molar-refractivity contribution in [2.24, 2.45) is 0 Å². The van der Waals surface area contributed by atoms with Crippen molar-refractivity contribution in [1.29, 1.82) is 0 Å². The Bertz CT molecular complexity index is 564. The summed E-state index contributed by atoms with van der Waals surface area (Å²) in [6.07, 6.45) is 0. The van der Waals surface area contributed by atoms with Crippen LogP contribution in [0.4, 0.5) is 13.2 Å². The van der Waals surface area contributed by atoms with Gasteiger partial charge in [-0.1, -0.05) is 18.2 Å². The SMILES string of the molecule is Fc1ccccc1COc1c(F)cc(CCl)cc1F. The van der Waals surface area contributed by atoms with Gasteiger partial charge in [0.1, 0.15) is 12.4 Å². The summed E-state index contributed by atoms with van der Waals surface area (Å²) in [5, 5.41) is 0. The highest BCUT2D eigenvalue weighted by molar-refractivity contribution is 6.17. The maximum Gasteiger partial charge on any atom is 0.191 e. The Morgan fingerprint density at radius 1 is 0.947 bits per heavy atom. The Balaban J connectivity index is 2.18. The van der Waals surface area contributed by atoms with Crippen molar-refractivity contribution < 1.29 is 17.9 Å². The van der Waals surface area contributed by atoms with Crippen LogP contribution in [0.5, 0.6) is 5.75 Å². The molecule has 0 bridgehead atoms. The fourth-order valence-corrected chi connectivity index (χ4v) is 1.75. The number of rotatable bonds is 4. The zero-order valence-electron chi connectivity index (χ0n) is 9.80. The van der Waals surface area contributed by atoms with E-state index in [1.807, 2.05) is 0 Å². The number of hydrogen-bond donors (Lipinski definition) is 0. The average Bonchev–Trinajstić information content (AvgIpc) is 2.39. The van der Waals surface area contributed by atoms with E-state index in [1.54, 1.807) is 6.07 Å². The largest absolute Gasteiger partial charge is 0.483 e. The summed E-state index contributed by atoms with van der Waals surface area (Å²) in [7, 11) is 0. The molecule has 0 saturated heterocycles. The standard InChI is InChI=1S/C14H10ClF3O/c15-7-9-5-12(17)14(13(18)6-9)19-8-10-3-1-2-4-11(10)16/h1-6H,7-8H2. The quantitative estimate of drug-likeness (QED) is 0.756. The van der Waals surface area contributed by atoms with Crippen LogP contribution in [-0.2, 0) is 12.5 Å². The molecule has 0 aliphatic rings. The van der Waals surface area contributed by atoms with Gasteiger partial charge in [-0.05, 0) is 23.8 Å². The fourth-order valence-electron chi connectivity index (χ4n) is 1.59. The predicted octanol–water partition coefficient (Wildman–Crippen LogP) is 4.42. The first-order valence-corrected chi connectivity index (χ1v) is 6.05. The molecule has 0 aliphatic carbocycles. The first-order chi connectivity index (χ1) is 9.11. The van der Waals surface area contributed by atoms with E-state index in [1.165, 1.54) is 18.2 Å². The van der Waals surface area contributed by atoms with E-state index in [2.05, 4.69) is 0 Å². The zero-order valence-corrected chi connectivity index (χ0v) is 10.6. The first kappa shape index (κ1) is 13.7. The number of alkyl halides is 1. The Hall–Kier alpha value is -1.68. The van der Waals surface area contributed by atoms with Gasteiger partial charge in [0, 0.05) is 11.4 Å². The van der Waals surface area contributed by atoms with Crippen LogP contribution in [-0.4, -0.2) is 0 Å². The lowest BCUT2D eigenvalue weighted by molar-refractivity contribution is 0.269. The maximum absolute atomic E-state index is 13.6. The average molecular weight is 287 g/mol. The molecule has 2 aromatic carbocycles. The highest BCUT2D eigenvalue weighted by Crippen LogP contribution is 2.25. The number of halogens is 4. The van der Waals surface area contributed by atoms with Gasteiger partial charge in [-0.2, -0.15) is 0 Å². The monoisotopic (exact) mass is 286 g/mol. The molecule has 0 atom stereocenters. The van der Waals surface area contributed by atoms with Crippen LogP contribution < -0.4 is 4.74 Å². The summed E-state index contributed by atoms with van der Waals surface area (Å²) >= 11 is 5.49. The van der Waals surface area contributed by atoms with Crippen LogP contribution in [0.1, 0.15) is 11.1 Å². The molecule has 0 radical (unpaired) electrons. The van der Waals surface area contributed by atoms with Crippen molar-refractivity contribution in [1.82, 2.24) is 0 Å². The molecule has 0 aromatic heterocycles. The van der Waals surface area contributed by atoms with Crippen molar-refractivity contribution in [2.45, 2.75) is 12.5 Å². The second-order valence-electron chi connectivity index (χ2n) is 3.90. The molecule has 0 spiro atoms. The van der Waals surface area contributed by atoms with Gasteiger partial charge in [-0.15, -0.1) is 11.6 Å². The molecule has 0 unspecified atom stereocenters. The highest BCUT2D eigenvalue weighted by atomic mass is 35.5. The zero-order chi connectivity index (χ0) is 13.8. The van der Waals surface area contributed by atoms with Gasteiger partial charge in [-0.3, -0.25) is 0 Å². The first-order valence-electron chi connectivity index (χ1n) is 5.52. The van der Waals surface area contributed by atoms with Gasteiger partial charge >= 0.3 is 0 Å². The molecule has 100 valence electrons. The summed E-state index contributed by atoms with van der Waals surface area (Å²) < 4.78 is 45.5. The van der Waals surface area contributed by atoms with Crippen molar-refractivity contribution in [3.8, 4) is 5.75 Å². The van der Waals surface area contributed by atoms with Crippen LogP contribution in [0.2, 0.25) is 0 Å². The van der Waals surface area contributed by atoms with Gasteiger partial charge in [0.2, 0.25) is 0 Å². The smallest absolute Gasteiger partial charge is 0.191 e. The predicted molar refractivity (Wildman–Crippen MR) is 66.6 cm³/mol. The third-order valence-electron chi connectivity index (χ3n) is 2.54. The summed E-state index contributed by atoms with van der Waals surface area (Å²) in [6.45, 7) is -0.249. The summed E-state index contributed by atoms with van der Waals surface area (Å²) in [5.41, 5.74) is 0.539. The van der Waals surface area contributed by atoms with E-state index >= 15 is 0 Å². The lowest BCUT2D eigenvalue weighted by atomic mass is 10.2. The number of ether oxygens (including phenoxy) is 1. The van der Waals surface area contributed by atoms with Gasteiger partial charge in [0.15, 0.2) is 17.4 Å². The Morgan fingerprint density at radius 2 is 1.58 bits per heavy atom. The molecule has 19 heavy (non-hydrogen) atoms. The normalized spacial score (nSPS) is 10.5. The Labute approximate surface area is 113 Å². The van der Waals surface area contributed by atoms with E-state index in [4.69, 9.17) is 16.3 Å². The third-order valence-corrected chi connectivity index (χ3v) is 2.85. The van der Waals surface area contributed by atoms with Crippen LogP contribution >= 0.6 is 11.6 Å². The molecule has 2 aromatic rings. The minimum Gasteiger partial charge on any atom is -0.483 e. The number of benzene rings is 2. The lowest BCUT2D eigenvalue weighted by Crippen LogP contribution is -2.02. The van der Waals surface area contributed by atoms with Crippen LogP contribution in [0, 0.1) is 17.5 Å². The van der Waals surface area contributed by atoms with E-state index in [0.29, 0.717) is 5.56 Å². The maximum atomic E-state index is 13.6. The Kier molecular flexibility index (Phi) is 4.32. The van der Waals surface area contributed by atoms with Gasteiger partial charge in [-0.25, -0.2) is 13.2 Å². The molecule has 0 fully saturated rings. The van der Waals surface area contributed by atoms with E-state index < -0.39 is 23.2 Å². The molecule has 0 heterocycles. The van der Waals surface area contributed by atoms with Gasteiger partial charge in [0.25, 0.3) is 0 Å². The molecular formula is C14H10ClF3O. The van der Waals surface area contributed by atoms with E-state index in [0.717, 1.165) is 12.1 Å². The van der Waals surface area contributed by atoms with Crippen LogP contribution in [0.25, 0.3) is 0 Å². The summed E-state index contributed by atoms with van der Waals surface area (Å²) in [6, 6.07) is 8.06. The van der Waals surface area contributed by atoms with Crippen molar-refractivity contribution >= 4 is 11.6 Å². The molecule has 1 nitrogen and oxygen atoms in total. The highest BCUT2D eigenvalue weighted by Gasteiger charge is 2.13. The molecule has 0 saturated carbocycles. The van der Waals surface area contributed by atoms with Crippen molar-refractivity contribution in [3.05, 3.63) is 65.0 Å². The second kappa shape index (κ2) is 5.97. The van der Waals surface area contributed by atoms with Gasteiger partial charge in [0.05, 0.1) is 0 Å². The van der Waals surface area contributed by atoms with Crippen LogP contribution in [0.3, 0.4) is 0 Å². The fraction of sp³-hybridized carbons (Fsp3) is 0.143. The third kappa shape index (κ3) is 3.20. The van der Waals surface area contributed by atoms with E-state index in [9.17, 15) is 13.2 Å².